The van der Waals surface area contributed by atoms with Crippen LogP contribution in [-0.4, -0.2) is 6.71 Å². The lowest BCUT2D eigenvalue weighted by Crippen LogP contribution is -2.58. The van der Waals surface area contributed by atoms with Crippen molar-refractivity contribution in [1.82, 2.24) is 0 Å². The average molecular weight is 381 g/mol. The Morgan fingerprint density at radius 2 is 1.07 bits per heavy atom. The van der Waals surface area contributed by atoms with Crippen molar-refractivity contribution in [1.29, 1.82) is 0 Å². The summed E-state index contributed by atoms with van der Waals surface area (Å²) < 4.78 is 0. The maximum atomic E-state index is 3.67. The molecule has 0 fully saturated rings. The van der Waals surface area contributed by atoms with E-state index in [4.69, 9.17) is 0 Å². The zero-order valence-corrected chi connectivity index (χ0v) is 18.6. The molecule has 0 amide bonds. The topological polar surface area (TPSA) is 12.0 Å². The Bertz CT molecular complexity index is 958. The first-order valence-corrected chi connectivity index (χ1v) is 11.0. The monoisotopic (exact) mass is 381 g/mol. The Balaban J connectivity index is 2.07. The van der Waals surface area contributed by atoms with Crippen LogP contribution >= 0.6 is 0 Å². The van der Waals surface area contributed by atoms with Gasteiger partial charge in [0, 0.05) is 11.4 Å². The standard InChI is InChI=1S/C27H32BN/c1-17(2)20-15-21(18(3)4)27(22(16-20)19(5)6)28-23-11-7-9-13-25(23)29-26-14-10-8-12-24(26)28/h7-19,29H,1-6H3. The number of hydrogen-bond acceptors (Lipinski definition) is 1. The SMILES string of the molecule is CC(C)c1cc(C(C)C)c(B2c3ccccc3Nc3ccccc32)c(C(C)C)c1. The zero-order chi connectivity index (χ0) is 20.7. The van der Waals surface area contributed by atoms with Gasteiger partial charge in [0.25, 0.3) is 0 Å². The van der Waals surface area contributed by atoms with E-state index >= 15 is 0 Å². The first kappa shape index (κ1) is 19.8. The molecule has 3 aromatic rings. The van der Waals surface area contributed by atoms with E-state index in [1.54, 1.807) is 0 Å². The van der Waals surface area contributed by atoms with Crippen LogP contribution in [0.5, 0.6) is 0 Å². The summed E-state index contributed by atoms with van der Waals surface area (Å²) in [7, 11) is 0. The quantitative estimate of drug-likeness (QED) is 0.452. The molecule has 0 aliphatic carbocycles. The molecule has 3 aromatic carbocycles. The van der Waals surface area contributed by atoms with Gasteiger partial charge in [-0.25, -0.2) is 0 Å². The van der Waals surface area contributed by atoms with Gasteiger partial charge in [-0.05, 0) is 57.5 Å². The van der Waals surface area contributed by atoms with Crippen LogP contribution in [0.4, 0.5) is 11.4 Å². The number of para-hydroxylation sites is 2. The maximum absolute atomic E-state index is 3.67. The molecule has 1 aliphatic rings. The number of hydrogen-bond donors (Lipinski definition) is 1. The lowest BCUT2D eigenvalue weighted by atomic mass is 9.33. The molecule has 29 heavy (non-hydrogen) atoms. The molecule has 0 saturated carbocycles. The second-order valence-corrected chi connectivity index (χ2v) is 9.31. The van der Waals surface area contributed by atoms with Crippen LogP contribution in [0.25, 0.3) is 0 Å². The summed E-state index contributed by atoms with van der Waals surface area (Å²) in [6.07, 6.45) is 0. The summed E-state index contributed by atoms with van der Waals surface area (Å²) in [5, 5.41) is 3.67. The van der Waals surface area contributed by atoms with E-state index in [2.05, 4.69) is 108 Å². The molecule has 0 spiro atoms. The highest BCUT2D eigenvalue weighted by molar-refractivity contribution is 6.98. The zero-order valence-electron chi connectivity index (χ0n) is 18.6. The van der Waals surface area contributed by atoms with Gasteiger partial charge >= 0.3 is 0 Å². The van der Waals surface area contributed by atoms with E-state index in [0.717, 1.165) is 0 Å². The van der Waals surface area contributed by atoms with Crippen LogP contribution in [0.2, 0.25) is 0 Å². The highest BCUT2D eigenvalue weighted by Crippen LogP contribution is 2.28. The molecule has 1 N–H and O–H groups in total. The largest absolute Gasteiger partial charge is 0.356 e. The lowest BCUT2D eigenvalue weighted by Gasteiger charge is -2.32. The second kappa shape index (κ2) is 7.74. The lowest BCUT2D eigenvalue weighted by molar-refractivity contribution is 0.812. The van der Waals surface area contributed by atoms with Crippen LogP contribution < -0.4 is 21.7 Å². The molecule has 148 valence electrons. The van der Waals surface area contributed by atoms with E-state index in [9.17, 15) is 0 Å². The van der Waals surface area contributed by atoms with Gasteiger partial charge in [0.1, 0.15) is 0 Å². The Labute approximate surface area is 176 Å². The van der Waals surface area contributed by atoms with Crippen LogP contribution in [0.15, 0.2) is 60.7 Å². The Morgan fingerprint density at radius 3 is 1.48 bits per heavy atom. The summed E-state index contributed by atoms with van der Waals surface area (Å²) in [5.74, 6) is 1.50. The van der Waals surface area contributed by atoms with Gasteiger partial charge in [-0.15, -0.1) is 0 Å². The van der Waals surface area contributed by atoms with Crippen molar-refractivity contribution in [3.63, 3.8) is 0 Å². The van der Waals surface area contributed by atoms with Crippen molar-refractivity contribution in [2.24, 2.45) is 0 Å². The number of nitrogens with one attached hydrogen (secondary N) is 1. The van der Waals surface area contributed by atoms with Gasteiger partial charge in [-0.1, -0.05) is 95.5 Å². The minimum absolute atomic E-state index is 0.264. The maximum Gasteiger partial charge on any atom is 0.247 e. The van der Waals surface area contributed by atoms with Crippen molar-refractivity contribution >= 4 is 34.5 Å². The Kier molecular flexibility index (Phi) is 5.29. The summed E-state index contributed by atoms with van der Waals surface area (Å²) in [6.45, 7) is 14.2. The highest BCUT2D eigenvalue weighted by Gasteiger charge is 2.34. The fourth-order valence-corrected chi connectivity index (χ4v) is 4.69. The average Bonchev–Trinajstić information content (AvgIpc) is 2.70. The van der Waals surface area contributed by atoms with Gasteiger partial charge in [0.05, 0.1) is 0 Å². The molecule has 2 heteroatoms. The molecule has 1 aliphatic heterocycles. The third-order valence-electron chi connectivity index (χ3n) is 6.28. The normalized spacial score (nSPS) is 12.9. The van der Waals surface area contributed by atoms with Gasteiger partial charge in [0.15, 0.2) is 0 Å². The van der Waals surface area contributed by atoms with Gasteiger partial charge in [-0.2, -0.15) is 0 Å². The van der Waals surface area contributed by atoms with E-state index in [1.807, 2.05) is 0 Å². The molecule has 0 bridgehead atoms. The van der Waals surface area contributed by atoms with E-state index in [-0.39, 0.29) is 6.71 Å². The third kappa shape index (κ3) is 3.50. The smallest absolute Gasteiger partial charge is 0.247 e. The van der Waals surface area contributed by atoms with Crippen molar-refractivity contribution in [2.75, 3.05) is 5.32 Å². The number of rotatable bonds is 4. The molecule has 1 heterocycles. The summed E-state index contributed by atoms with van der Waals surface area (Å²) in [6, 6.07) is 22.6. The van der Waals surface area contributed by atoms with E-state index in [0.29, 0.717) is 17.8 Å². The summed E-state index contributed by atoms with van der Waals surface area (Å²) >= 11 is 0. The molecule has 0 saturated heterocycles. The molecular formula is C27H32BN. The highest BCUT2D eigenvalue weighted by atomic mass is 14.9. The van der Waals surface area contributed by atoms with Gasteiger partial charge in [0.2, 0.25) is 6.71 Å². The van der Waals surface area contributed by atoms with Crippen LogP contribution in [0, 0.1) is 0 Å². The first-order chi connectivity index (χ1) is 13.9. The molecule has 0 radical (unpaired) electrons. The van der Waals surface area contributed by atoms with Crippen molar-refractivity contribution in [3.05, 3.63) is 77.4 Å². The van der Waals surface area contributed by atoms with Crippen molar-refractivity contribution in [3.8, 4) is 0 Å². The minimum atomic E-state index is 0.264. The Hall–Kier alpha value is -2.48. The summed E-state index contributed by atoms with van der Waals surface area (Å²) in [4.78, 5) is 0. The second-order valence-electron chi connectivity index (χ2n) is 9.31. The fourth-order valence-electron chi connectivity index (χ4n) is 4.69. The van der Waals surface area contributed by atoms with Crippen molar-refractivity contribution in [2.45, 2.75) is 59.3 Å². The molecule has 4 rings (SSSR count). The van der Waals surface area contributed by atoms with Crippen LogP contribution in [0.3, 0.4) is 0 Å². The summed E-state index contributed by atoms with van der Waals surface area (Å²) in [5.41, 5.74) is 11.2. The van der Waals surface area contributed by atoms with Gasteiger partial charge in [-0.3, -0.25) is 0 Å². The third-order valence-corrected chi connectivity index (χ3v) is 6.28. The number of anilines is 2. The Morgan fingerprint density at radius 1 is 0.621 bits per heavy atom. The first-order valence-electron chi connectivity index (χ1n) is 11.0. The van der Waals surface area contributed by atoms with E-state index < -0.39 is 0 Å². The molecule has 0 aromatic heterocycles. The molecular weight excluding hydrogens is 349 g/mol. The van der Waals surface area contributed by atoms with Crippen molar-refractivity contribution < 1.29 is 0 Å². The molecule has 0 unspecified atom stereocenters. The number of fused-ring (bicyclic) bond motifs is 2. The number of benzene rings is 3. The predicted octanol–water partition coefficient (Wildman–Crippen LogP) is 5.63. The predicted molar refractivity (Wildman–Crippen MR) is 130 cm³/mol. The minimum Gasteiger partial charge on any atom is -0.356 e. The van der Waals surface area contributed by atoms with Gasteiger partial charge < -0.3 is 5.32 Å². The fraction of sp³-hybridized carbons (Fsp3) is 0.333. The van der Waals surface area contributed by atoms with Crippen LogP contribution in [0.1, 0.15) is 76.0 Å². The molecule has 0 atom stereocenters. The van der Waals surface area contributed by atoms with E-state index in [1.165, 1.54) is 44.5 Å². The van der Waals surface area contributed by atoms with Crippen LogP contribution in [-0.2, 0) is 0 Å². The molecule has 1 nitrogen and oxygen atoms in total.